The topological polar surface area (TPSA) is 107 Å². The Morgan fingerprint density at radius 1 is 1.41 bits per heavy atom. The summed E-state index contributed by atoms with van der Waals surface area (Å²) >= 11 is 5.70. The van der Waals surface area contributed by atoms with Crippen LogP contribution in [0.4, 0.5) is 5.69 Å². The summed E-state index contributed by atoms with van der Waals surface area (Å²) in [6.45, 7) is 4.08. The Kier molecular flexibility index (Phi) is 6.30. The van der Waals surface area contributed by atoms with Crippen LogP contribution in [0.2, 0.25) is 5.02 Å². The molecule has 1 unspecified atom stereocenters. The molecule has 0 saturated heterocycles. The third-order valence-electron chi connectivity index (χ3n) is 3.44. The zero-order valence-corrected chi connectivity index (χ0v) is 14.3. The van der Waals surface area contributed by atoms with Crippen LogP contribution in [0.5, 0.6) is 0 Å². The maximum atomic E-state index is 12.5. The zero-order valence-electron chi connectivity index (χ0n) is 12.7. The maximum Gasteiger partial charge on any atom is 0.290 e. The Bertz CT molecular complexity index is 649. The standard InChI is InChI=1S/C13H20ClN3O4S/c1-9(2)11(15)6-7-16(3)22(20,21)13-5-4-10(14)8-12(13)17(18)19/h4-5,8-9,11H,6-7,15H2,1-3H3. The summed E-state index contributed by atoms with van der Waals surface area (Å²) < 4.78 is 26.1. The second kappa shape index (κ2) is 7.36. The molecule has 0 spiro atoms. The normalized spacial score (nSPS) is 13.6. The van der Waals surface area contributed by atoms with Crippen LogP contribution < -0.4 is 5.73 Å². The number of halogens is 1. The van der Waals surface area contributed by atoms with Gasteiger partial charge in [0.25, 0.3) is 5.69 Å². The molecule has 1 aromatic carbocycles. The minimum Gasteiger partial charge on any atom is -0.327 e. The van der Waals surface area contributed by atoms with Gasteiger partial charge in [-0.1, -0.05) is 25.4 Å². The molecule has 2 N–H and O–H groups in total. The van der Waals surface area contributed by atoms with Crippen LogP contribution in [-0.4, -0.2) is 37.3 Å². The molecule has 0 heterocycles. The molecule has 0 aliphatic heterocycles. The molecular weight excluding hydrogens is 330 g/mol. The fourth-order valence-corrected chi connectivity index (χ4v) is 3.29. The highest BCUT2D eigenvalue weighted by atomic mass is 35.5. The Morgan fingerprint density at radius 2 is 2.00 bits per heavy atom. The van der Waals surface area contributed by atoms with Gasteiger partial charge in [-0.2, -0.15) is 0 Å². The van der Waals surface area contributed by atoms with Gasteiger partial charge in [0, 0.05) is 30.7 Å². The lowest BCUT2D eigenvalue weighted by molar-refractivity contribution is -0.387. The van der Waals surface area contributed by atoms with E-state index in [2.05, 4.69) is 0 Å². The summed E-state index contributed by atoms with van der Waals surface area (Å²) in [5, 5.41) is 11.1. The van der Waals surface area contributed by atoms with E-state index < -0.39 is 20.6 Å². The highest BCUT2D eigenvalue weighted by Gasteiger charge is 2.30. The predicted octanol–water partition coefficient (Wildman–Crippen LogP) is 2.24. The van der Waals surface area contributed by atoms with Gasteiger partial charge in [0.05, 0.1) is 4.92 Å². The Hall–Kier alpha value is -1.22. The molecule has 0 bridgehead atoms. The molecule has 22 heavy (non-hydrogen) atoms. The third-order valence-corrected chi connectivity index (χ3v) is 5.58. The summed E-state index contributed by atoms with van der Waals surface area (Å²) in [5.74, 6) is 0.223. The number of hydrogen-bond donors (Lipinski definition) is 1. The number of benzene rings is 1. The van der Waals surface area contributed by atoms with E-state index in [0.717, 1.165) is 16.4 Å². The smallest absolute Gasteiger partial charge is 0.290 e. The first-order valence-electron chi connectivity index (χ1n) is 6.73. The molecule has 0 fully saturated rings. The highest BCUT2D eigenvalue weighted by Crippen LogP contribution is 2.29. The van der Waals surface area contributed by atoms with Crippen molar-refractivity contribution >= 4 is 27.3 Å². The molecule has 1 atom stereocenters. The molecular formula is C13H20ClN3O4S. The SMILES string of the molecule is CC(C)C(N)CCN(C)S(=O)(=O)c1ccc(Cl)cc1[N+](=O)[O-]. The molecule has 0 radical (unpaired) electrons. The van der Waals surface area contributed by atoms with Crippen molar-refractivity contribution in [3.05, 3.63) is 33.3 Å². The molecule has 0 aliphatic rings. The van der Waals surface area contributed by atoms with Crippen LogP contribution in [0.15, 0.2) is 23.1 Å². The van der Waals surface area contributed by atoms with E-state index in [1.165, 1.54) is 13.1 Å². The number of sulfonamides is 1. The summed E-state index contributed by atoms with van der Waals surface area (Å²) in [7, 11) is -2.60. The molecule has 0 aromatic heterocycles. The van der Waals surface area contributed by atoms with Gasteiger partial charge >= 0.3 is 0 Å². The number of nitro benzene ring substituents is 1. The Balaban J connectivity index is 3.06. The van der Waals surface area contributed by atoms with Crippen molar-refractivity contribution in [3.8, 4) is 0 Å². The van der Waals surface area contributed by atoms with Gasteiger partial charge in [-0.25, -0.2) is 12.7 Å². The van der Waals surface area contributed by atoms with Gasteiger partial charge in [-0.05, 0) is 24.5 Å². The van der Waals surface area contributed by atoms with Crippen molar-refractivity contribution in [3.63, 3.8) is 0 Å². The van der Waals surface area contributed by atoms with E-state index in [-0.39, 0.29) is 28.4 Å². The van der Waals surface area contributed by atoms with Crippen molar-refractivity contribution in [2.24, 2.45) is 11.7 Å². The Morgan fingerprint density at radius 3 is 2.50 bits per heavy atom. The van der Waals surface area contributed by atoms with Crippen LogP contribution >= 0.6 is 11.6 Å². The van der Waals surface area contributed by atoms with Crippen molar-refractivity contribution in [2.75, 3.05) is 13.6 Å². The number of hydrogen-bond acceptors (Lipinski definition) is 5. The van der Waals surface area contributed by atoms with Crippen LogP contribution in [0.3, 0.4) is 0 Å². The minimum atomic E-state index is -3.98. The van der Waals surface area contributed by atoms with E-state index in [0.29, 0.717) is 6.42 Å². The van der Waals surface area contributed by atoms with Crippen molar-refractivity contribution in [1.82, 2.24) is 4.31 Å². The van der Waals surface area contributed by atoms with E-state index in [1.54, 1.807) is 0 Å². The van der Waals surface area contributed by atoms with Gasteiger partial charge < -0.3 is 5.73 Å². The summed E-state index contributed by atoms with van der Waals surface area (Å²) in [5.41, 5.74) is 5.36. The second-order valence-electron chi connectivity index (χ2n) is 5.39. The van der Waals surface area contributed by atoms with Crippen LogP contribution in [0, 0.1) is 16.0 Å². The number of nitrogens with zero attached hydrogens (tertiary/aromatic N) is 2. The lowest BCUT2D eigenvalue weighted by Gasteiger charge is -2.21. The summed E-state index contributed by atoms with van der Waals surface area (Å²) in [4.78, 5) is 9.91. The van der Waals surface area contributed by atoms with Crippen LogP contribution in [-0.2, 0) is 10.0 Å². The number of nitrogens with two attached hydrogens (primary N) is 1. The average Bonchev–Trinajstić information content (AvgIpc) is 2.43. The quantitative estimate of drug-likeness (QED) is 0.600. The van der Waals surface area contributed by atoms with Crippen molar-refractivity contribution < 1.29 is 13.3 Å². The van der Waals surface area contributed by atoms with E-state index in [9.17, 15) is 18.5 Å². The molecule has 7 nitrogen and oxygen atoms in total. The van der Waals surface area contributed by atoms with Crippen molar-refractivity contribution in [1.29, 1.82) is 0 Å². The molecule has 0 aliphatic carbocycles. The molecule has 0 saturated carbocycles. The lowest BCUT2D eigenvalue weighted by atomic mass is 10.0. The fourth-order valence-electron chi connectivity index (χ4n) is 1.80. The van der Waals surface area contributed by atoms with Gasteiger partial charge in [-0.3, -0.25) is 10.1 Å². The molecule has 1 rings (SSSR count). The van der Waals surface area contributed by atoms with Gasteiger partial charge in [0.2, 0.25) is 10.0 Å². The highest BCUT2D eigenvalue weighted by molar-refractivity contribution is 7.89. The fraction of sp³-hybridized carbons (Fsp3) is 0.538. The third kappa shape index (κ3) is 4.39. The predicted molar refractivity (Wildman–Crippen MR) is 85.4 cm³/mol. The number of rotatable bonds is 7. The van der Waals surface area contributed by atoms with Gasteiger partial charge in [0.1, 0.15) is 0 Å². The van der Waals surface area contributed by atoms with Crippen molar-refractivity contribution in [2.45, 2.75) is 31.2 Å². The maximum absolute atomic E-state index is 12.5. The Labute approximate surface area is 135 Å². The van der Waals surface area contributed by atoms with E-state index in [4.69, 9.17) is 17.3 Å². The van der Waals surface area contributed by atoms with E-state index in [1.807, 2.05) is 13.8 Å². The first-order valence-corrected chi connectivity index (χ1v) is 8.55. The molecule has 1 aromatic rings. The summed E-state index contributed by atoms with van der Waals surface area (Å²) in [6.07, 6.45) is 0.467. The minimum absolute atomic E-state index is 0.107. The largest absolute Gasteiger partial charge is 0.327 e. The first-order chi connectivity index (χ1) is 10.1. The lowest BCUT2D eigenvalue weighted by Crippen LogP contribution is -2.34. The average molecular weight is 350 g/mol. The van der Waals surface area contributed by atoms with Crippen LogP contribution in [0.25, 0.3) is 0 Å². The zero-order chi connectivity index (χ0) is 17.1. The van der Waals surface area contributed by atoms with Crippen LogP contribution in [0.1, 0.15) is 20.3 Å². The first kappa shape index (κ1) is 18.8. The second-order valence-corrected chi connectivity index (χ2v) is 7.84. The monoisotopic (exact) mass is 349 g/mol. The molecule has 124 valence electrons. The molecule has 0 amide bonds. The van der Waals surface area contributed by atoms with E-state index >= 15 is 0 Å². The number of nitro groups is 1. The summed E-state index contributed by atoms with van der Waals surface area (Å²) in [6, 6.07) is 3.35. The molecule has 9 heteroatoms. The van der Waals surface area contributed by atoms with Gasteiger partial charge in [-0.15, -0.1) is 0 Å². The van der Waals surface area contributed by atoms with Gasteiger partial charge in [0.15, 0.2) is 4.90 Å².